The summed E-state index contributed by atoms with van der Waals surface area (Å²) in [5.74, 6) is 0.343. The number of benzene rings is 1. The van der Waals surface area contributed by atoms with Crippen molar-refractivity contribution < 1.29 is 23.1 Å². The van der Waals surface area contributed by atoms with Crippen LogP contribution in [0.1, 0.15) is 20.3 Å². The normalized spacial score (nSPS) is 17.4. The third kappa shape index (κ3) is 3.38. The van der Waals surface area contributed by atoms with Gasteiger partial charge in [0.25, 0.3) is 0 Å². The van der Waals surface area contributed by atoms with Gasteiger partial charge < -0.3 is 18.3 Å². The van der Waals surface area contributed by atoms with E-state index in [1.54, 1.807) is 25.3 Å². The number of hydrogen-bond acceptors (Lipinski definition) is 6. The van der Waals surface area contributed by atoms with Crippen molar-refractivity contribution in [1.82, 2.24) is 0 Å². The van der Waals surface area contributed by atoms with Gasteiger partial charge in [0.05, 0.1) is 17.0 Å². The lowest BCUT2D eigenvalue weighted by Crippen LogP contribution is -2.08. The first-order valence-corrected chi connectivity index (χ1v) is 8.63. The summed E-state index contributed by atoms with van der Waals surface area (Å²) in [5, 5.41) is 1.52. The van der Waals surface area contributed by atoms with Crippen molar-refractivity contribution in [3.8, 4) is 5.75 Å². The highest BCUT2D eigenvalue weighted by Gasteiger charge is 2.22. The van der Waals surface area contributed by atoms with Crippen LogP contribution >= 0.6 is 0 Å². The van der Waals surface area contributed by atoms with Crippen LogP contribution in [0, 0.1) is 0 Å². The van der Waals surface area contributed by atoms with Crippen LogP contribution in [0.4, 0.5) is 0 Å². The number of esters is 1. The molecule has 1 aromatic carbocycles. The molecule has 0 spiro atoms. The Hall–Kier alpha value is -3.28. The second kappa shape index (κ2) is 6.79. The Kier molecular flexibility index (Phi) is 4.32. The molecular weight excluding hydrogens is 348 g/mol. The molecular formula is C21H18O6. The van der Waals surface area contributed by atoms with Crippen molar-refractivity contribution in [2.45, 2.75) is 26.4 Å². The maximum atomic E-state index is 11.5. The SMILES string of the molecule is CC1=CC(C/C(C)=C/COc2c3ccoc3cc3oc(=O)ccc23)OC1=O. The summed E-state index contributed by atoms with van der Waals surface area (Å²) >= 11 is 0. The molecule has 0 saturated carbocycles. The molecule has 0 aliphatic carbocycles. The third-order valence-electron chi connectivity index (χ3n) is 4.51. The molecule has 0 bridgehead atoms. The zero-order chi connectivity index (χ0) is 19.0. The first-order valence-electron chi connectivity index (χ1n) is 8.63. The average molecular weight is 366 g/mol. The molecule has 2 aromatic heterocycles. The highest BCUT2D eigenvalue weighted by Crippen LogP contribution is 2.35. The molecule has 4 rings (SSSR count). The lowest BCUT2D eigenvalue weighted by molar-refractivity contribution is -0.139. The molecule has 0 saturated heterocycles. The molecule has 1 aliphatic rings. The van der Waals surface area contributed by atoms with Gasteiger partial charge in [-0.05, 0) is 38.1 Å². The Morgan fingerprint density at radius 1 is 1.19 bits per heavy atom. The Labute approximate surface area is 154 Å². The zero-order valence-electron chi connectivity index (χ0n) is 15.0. The van der Waals surface area contributed by atoms with Crippen LogP contribution in [0.2, 0.25) is 0 Å². The summed E-state index contributed by atoms with van der Waals surface area (Å²) in [4.78, 5) is 22.9. The maximum absolute atomic E-state index is 11.5. The van der Waals surface area contributed by atoms with Crippen LogP contribution in [0.5, 0.6) is 5.75 Å². The predicted molar refractivity (Wildman–Crippen MR) is 99.8 cm³/mol. The molecule has 138 valence electrons. The second-order valence-electron chi connectivity index (χ2n) is 6.56. The van der Waals surface area contributed by atoms with E-state index in [2.05, 4.69) is 0 Å². The second-order valence-corrected chi connectivity index (χ2v) is 6.56. The minimum atomic E-state index is -0.426. The molecule has 6 nitrogen and oxygen atoms in total. The summed E-state index contributed by atoms with van der Waals surface area (Å²) in [6.45, 7) is 4.04. The fourth-order valence-corrected chi connectivity index (χ4v) is 3.15. The summed E-state index contributed by atoms with van der Waals surface area (Å²) in [6, 6.07) is 6.55. The first-order chi connectivity index (χ1) is 13.0. The van der Waals surface area contributed by atoms with E-state index in [1.165, 1.54) is 6.07 Å². The van der Waals surface area contributed by atoms with Crippen molar-refractivity contribution in [2.24, 2.45) is 0 Å². The largest absolute Gasteiger partial charge is 0.488 e. The van der Waals surface area contributed by atoms with Crippen molar-refractivity contribution in [2.75, 3.05) is 6.61 Å². The fourth-order valence-electron chi connectivity index (χ4n) is 3.15. The van der Waals surface area contributed by atoms with E-state index in [0.717, 1.165) is 11.0 Å². The van der Waals surface area contributed by atoms with Crippen LogP contribution in [-0.2, 0) is 9.53 Å². The quantitative estimate of drug-likeness (QED) is 0.384. The third-order valence-corrected chi connectivity index (χ3v) is 4.51. The molecule has 1 unspecified atom stereocenters. The molecule has 0 amide bonds. The van der Waals surface area contributed by atoms with Gasteiger partial charge in [0, 0.05) is 24.1 Å². The van der Waals surface area contributed by atoms with Crippen molar-refractivity contribution in [3.63, 3.8) is 0 Å². The molecule has 3 aromatic rings. The highest BCUT2D eigenvalue weighted by atomic mass is 16.5. The number of carbonyl (C=O) groups is 1. The molecule has 0 fully saturated rings. The Morgan fingerprint density at radius 2 is 2.00 bits per heavy atom. The average Bonchev–Trinajstić information content (AvgIpc) is 3.20. The van der Waals surface area contributed by atoms with Gasteiger partial charge in [0.15, 0.2) is 0 Å². The van der Waals surface area contributed by atoms with Crippen LogP contribution in [0.25, 0.3) is 21.9 Å². The van der Waals surface area contributed by atoms with E-state index in [9.17, 15) is 9.59 Å². The number of hydrogen-bond donors (Lipinski definition) is 0. The number of ether oxygens (including phenoxy) is 2. The smallest absolute Gasteiger partial charge is 0.336 e. The summed E-state index contributed by atoms with van der Waals surface area (Å²) in [6.07, 6.45) is 5.75. The molecule has 3 heterocycles. The summed E-state index contributed by atoms with van der Waals surface area (Å²) in [5.41, 5.74) is 2.27. The van der Waals surface area contributed by atoms with Gasteiger partial charge >= 0.3 is 11.6 Å². The van der Waals surface area contributed by atoms with Crippen LogP contribution < -0.4 is 10.4 Å². The molecule has 0 N–H and O–H groups in total. The van der Waals surface area contributed by atoms with Gasteiger partial charge in [-0.3, -0.25) is 0 Å². The van der Waals surface area contributed by atoms with Gasteiger partial charge in [0.2, 0.25) is 0 Å². The van der Waals surface area contributed by atoms with Crippen LogP contribution in [0.15, 0.2) is 67.5 Å². The summed E-state index contributed by atoms with van der Waals surface area (Å²) in [7, 11) is 0. The number of rotatable bonds is 5. The number of fused-ring (bicyclic) bond motifs is 2. The Morgan fingerprint density at radius 3 is 2.78 bits per heavy atom. The minimum absolute atomic E-state index is 0.221. The van der Waals surface area contributed by atoms with Crippen LogP contribution in [-0.4, -0.2) is 18.7 Å². The van der Waals surface area contributed by atoms with E-state index < -0.39 is 5.63 Å². The standard InChI is InChI=1S/C21H18O6/c1-12(9-14-10-13(2)21(23)26-14)5-7-25-20-15-3-4-19(22)27-18(15)11-17-16(20)6-8-24-17/h3-6,8,10-11,14H,7,9H2,1-2H3/b12-5+. The topological polar surface area (TPSA) is 78.9 Å². The molecule has 0 radical (unpaired) electrons. The van der Waals surface area contributed by atoms with E-state index in [4.69, 9.17) is 18.3 Å². The van der Waals surface area contributed by atoms with E-state index in [-0.39, 0.29) is 12.1 Å². The molecule has 1 atom stereocenters. The van der Waals surface area contributed by atoms with Gasteiger partial charge in [-0.25, -0.2) is 9.59 Å². The zero-order valence-corrected chi connectivity index (χ0v) is 15.0. The number of cyclic esters (lactones) is 1. The highest BCUT2D eigenvalue weighted by molar-refractivity contribution is 6.01. The molecule has 27 heavy (non-hydrogen) atoms. The lowest BCUT2D eigenvalue weighted by Gasteiger charge is -2.10. The minimum Gasteiger partial charge on any atom is -0.488 e. The molecule has 1 aliphatic heterocycles. The van der Waals surface area contributed by atoms with Gasteiger partial charge in [-0.2, -0.15) is 0 Å². The number of furan rings is 1. The number of carbonyl (C=O) groups excluding carboxylic acids is 1. The Balaban J connectivity index is 1.55. The summed E-state index contributed by atoms with van der Waals surface area (Å²) < 4.78 is 21.9. The first kappa shape index (κ1) is 17.1. The predicted octanol–water partition coefficient (Wildman–Crippen LogP) is 4.13. The lowest BCUT2D eigenvalue weighted by atomic mass is 10.1. The van der Waals surface area contributed by atoms with Crippen molar-refractivity contribution in [3.05, 3.63) is 64.2 Å². The monoisotopic (exact) mass is 366 g/mol. The molecule has 6 heteroatoms. The van der Waals surface area contributed by atoms with Crippen LogP contribution in [0.3, 0.4) is 0 Å². The van der Waals surface area contributed by atoms with Gasteiger partial charge in [0.1, 0.15) is 29.6 Å². The van der Waals surface area contributed by atoms with E-state index in [0.29, 0.717) is 40.9 Å². The van der Waals surface area contributed by atoms with Crippen molar-refractivity contribution >= 4 is 27.9 Å². The van der Waals surface area contributed by atoms with Gasteiger partial charge in [-0.15, -0.1) is 0 Å². The maximum Gasteiger partial charge on any atom is 0.336 e. The fraction of sp³-hybridized carbons (Fsp3) is 0.238. The van der Waals surface area contributed by atoms with Gasteiger partial charge in [-0.1, -0.05) is 5.57 Å². The van der Waals surface area contributed by atoms with E-state index >= 15 is 0 Å². The Bertz CT molecular complexity index is 1140. The van der Waals surface area contributed by atoms with E-state index in [1.807, 2.05) is 25.1 Å². The van der Waals surface area contributed by atoms with Crippen molar-refractivity contribution in [1.29, 1.82) is 0 Å².